The van der Waals surface area contributed by atoms with Gasteiger partial charge in [-0.05, 0) is 30.5 Å². The summed E-state index contributed by atoms with van der Waals surface area (Å²) >= 11 is 0. The molecule has 3 heteroatoms. The lowest BCUT2D eigenvalue weighted by molar-refractivity contribution is 0.313. The van der Waals surface area contributed by atoms with Crippen molar-refractivity contribution in [2.75, 3.05) is 38.7 Å². The molecule has 0 aromatic heterocycles. The lowest BCUT2D eigenvalue weighted by Crippen LogP contribution is -2.44. The van der Waals surface area contributed by atoms with Crippen LogP contribution in [0.5, 0.6) is 5.75 Å². The molecule has 2 atom stereocenters. The number of hydrogen-bond acceptors (Lipinski definition) is 3. The summed E-state index contributed by atoms with van der Waals surface area (Å²) < 4.78 is 5.50. The van der Waals surface area contributed by atoms with Crippen molar-refractivity contribution in [3.63, 3.8) is 0 Å². The number of nitrogens with zero attached hydrogens (tertiary/aromatic N) is 1. The molecule has 2 unspecified atom stereocenters. The summed E-state index contributed by atoms with van der Waals surface area (Å²) in [6.07, 6.45) is 1.28. The van der Waals surface area contributed by atoms with Gasteiger partial charge in [0.15, 0.2) is 0 Å². The first kappa shape index (κ1) is 10.9. The second kappa shape index (κ2) is 4.22. The van der Waals surface area contributed by atoms with Crippen LogP contribution in [0.1, 0.15) is 17.9 Å². The summed E-state index contributed by atoms with van der Waals surface area (Å²) in [7, 11) is 3.94. The molecule has 0 radical (unpaired) electrons. The summed E-state index contributed by atoms with van der Waals surface area (Å²) in [4.78, 5) is 2.36. The zero-order chi connectivity index (χ0) is 11.8. The van der Waals surface area contributed by atoms with E-state index in [4.69, 9.17) is 4.74 Å². The maximum absolute atomic E-state index is 5.50. The third-order valence-electron chi connectivity index (χ3n) is 4.16. The van der Waals surface area contributed by atoms with E-state index in [1.54, 1.807) is 7.11 Å². The highest BCUT2D eigenvalue weighted by molar-refractivity contribution is 5.66. The molecule has 2 aliphatic heterocycles. The summed E-state index contributed by atoms with van der Waals surface area (Å²) in [5, 5.41) is 3.52. The number of benzene rings is 1. The van der Waals surface area contributed by atoms with Gasteiger partial charge in [0.25, 0.3) is 0 Å². The number of nitrogens with one attached hydrogen (secondary N) is 1. The lowest BCUT2D eigenvalue weighted by atomic mass is 9.77. The molecule has 0 saturated carbocycles. The first-order valence-corrected chi connectivity index (χ1v) is 6.40. The van der Waals surface area contributed by atoms with Crippen molar-refractivity contribution in [2.24, 2.45) is 5.92 Å². The third kappa shape index (κ3) is 1.69. The first-order chi connectivity index (χ1) is 8.31. The molecule has 1 fully saturated rings. The molecule has 1 N–H and O–H groups in total. The van der Waals surface area contributed by atoms with Crippen LogP contribution < -0.4 is 15.0 Å². The Kier molecular flexibility index (Phi) is 2.71. The average molecular weight is 232 g/mol. The zero-order valence-electron chi connectivity index (χ0n) is 10.6. The van der Waals surface area contributed by atoms with Gasteiger partial charge in [0.2, 0.25) is 0 Å². The highest BCUT2D eigenvalue weighted by atomic mass is 16.5. The van der Waals surface area contributed by atoms with Gasteiger partial charge in [-0.2, -0.15) is 0 Å². The smallest absolute Gasteiger partial charge is 0.142 e. The van der Waals surface area contributed by atoms with E-state index < -0.39 is 0 Å². The fraction of sp³-hybridized carbons (Fsp3) is 0.571. The van der Waals surface area contributed by atoms with Gasteiger partial charge in [0, 0.05) is 26.1 Å². The minimum atomic E-state index is 0.657. The molecular formula is C14H20N2O. The van der Waals surface area contributed by atoms with E-state index in [1.807, 2.05) is 0 Å². The monoisotopic (exact) mass is 232 g/mol. The molecular weight excluding hydrogens is 212 g/mol. The van der Waals surface area contributed by atoms with Gasteiger partial charge < -0.3 is 15.0 Å². The number of piperidine rings is 1. The molecule has 3 nitrogen and oxygen atoms in total. The van der Waals surface area contributed by atoms with Crippen LogP contribution in [0.15, 0.2) is 18.2 Å². The third-order valence-corrected chi connectivity index (χ3v) is 4.16. The molecule has 0 spiro atoms. The Morgan fingerprint density at radius 3 is 3.12 bits per heavy atom. The van der Waals surface area contributed by atoms with Gasteiger partial charge in [-0.15, -0.1) is 0 Å². The summed E-state index contributed by atoms with van der Waals surface area (Å²) in [5.41, 5.74) is 2.75. The van der Waals surface area contributed by atoms with Crippen molar-refractivity contribution in [1.82, 2.24) is 5.32 Å². The second-order valence-electron chi connectivity index (χ2n) is 5.14. The number of methoxy groups -OCH3 is 1. The minimum Gasteiger partial charge on any atom is -0.495 e. The van der Waals surface area contributed by atoms with Gasteiger partial charge in [-0.25, -0.2) is 0 Å². The summed E-state index contributed by atoms with van der Waals surface area (Å²) in [6.45, 7) is 3.42. The predicted molar refractivity (Wildman–Crippen MR) is 70.0 cm³/mol. The normalized spacial score (nSPS) is 27.3. The molecule has 17 heavy (non-hydrogen) atoms. The van der Waals surface area contributed by atoms with Crippen LogP contribution in [0.4, 0.5) is 5.69 Å². The van der Waals surface area contributed by atoms with Crippen molar-refractivity contribution in [1.29, 1.82) is 0 Å². The molecule has 2 aliphatic rings. The Hall–Kier alpha value is -1.22. The molecule has 3 rings (SSSR count). The van der Waals surface area contributed by atoms with Crippen molar-refractivity contribution < 1.29 is 4.74 Å². The van der Waals surface area contributed by atoms with Gasteiger partial charge in [0.1, 0.15) is 5.75 Å². The molecule has 2 heterocycles. The molecule has 92 valence electrons. The van der Waals surface area contributed by atoms with Gasteiger partial charge in [0.05, 0.1) is 12.8 Å². The van der Waals surface area contributed by atoms with Gasteiger partial charge in [-0.3, -0.25) is 0 Å². The van der Waals surface area contributed by atoms with Gasteiger partial charge in [-0.1, -0.05) is 12.1 Å². The Bertz CT molecular complexity index is 419. The summed E-state index contributed by atoms with van der Waals surface area (Å²) in [6, 6.07) is 6.44. The Morgan fingerprint density at radius 1 is 1.41 bits per heavy atom. The highest BCUT2D eigenvalue weighted by Crippen LogP contribution is 2.44. The van der Waals surface area contributed by atoms with Crippen molar-refractivity contribution in [2.45, 2.75) is 12.3 Å². The van der Waals surface area contributed by atoms with Crippen molar-refractivity contribution in [3.8, 4) is 5.75 Å². The molecule has 0 aliphatic carbocycles. The minimum absolute atomic E-state index is 0.657. The first-order valence-electron chi connectivity index (χ1n) is 6.40. The quantitative estimate of drug-likeness (QED) is 0.799. The highest BCUT2D eigenvalue weighted by Gasteiger charge is 2.35. The predicted octanol–water partition coefficient (Wildman–Crippen LogP) is 1.84. The zero-order valence-corrected chi connectivity index (χ0v) is 10.6. The van der Waals surface area contributed by atoms with E-state index in [1.165, 1.54) is 17.7 Å². The molecule has 0 amide bonds. The van der Waals surface area contributed by atoms with E-state index in [9.17, 15) is 0 Å². The number of para-hydroxylation sites is 1. The van der Waals surface area contributed by atoms with E-state index in [-0.39, 0.29) is 0 Å². The largest absolute Gasteiger partial charge is 0.495 e. The van der Waals surface area contributed by atoms with Crippen molar-refractivity contribution in [3.05, 3.63) is 23.8 Å². The van der Waals surface area contributed by atoms with Gasteiger partial charge >= 0.3 is 0 Å². The fourth-order valence-electron chi connectivity index (χ4n) is 3.35. The van der Waals surface area contributed by atoms with Crippen LogP contribution in [0.25, 0.3) is 0 Å². The number of ether oxygens (including phenoxy) is 1. The average Bonchev–Trinajstić information content (AvgIpc) is 2.38. The Morgan fingerprint density at radius 2 is 2.29 bits per heavy atom. The molecule has 1 aromatic rings. The van der Waals surface area contributed by atoms with Crippen molar-refractivity contribution >= 4 is 5.69 Å². The SMILES string of the molecule is COc1cccc2c1N(C)CC1CCNCC21. The molecule has 1 saturated heterocycles. The lowest BCUT2D eigenvalue weighted by Gasteiger charge is -2.42. The van der Waals surface area contributed by atoms with Crippen LogP contribution in [0, 0.1) is 5.92 Å². The van der Waals surface area contributed by atoms with E-state index >= 15 is 0 Å². The van der Waals surface area contributed by atoms with Crippen LogP contribution in [0.3, 0.4) is 0 Å². The Labute approximate surface area is 103 Å². The van der Waals surface area contributed by atoms with E-state index in [0.717, 1.165) is 31.3 Å². The molecule has 0 bridgehead atoms. The molecule has 1 aromatic carbocycles. The fourth-order valence-corrected chi connectivity index (χ4v) is 3.35. The summed E-state index contributed by atoms with van der Waals surface area (Å²) in [5.74, 6) is 2.46. The second-order valence-corrected chi connectivity index (χ2v) is 5.14. The van der Waals surface area contributed by atoms with E-state index in [2.05, 4.69) is 35.5 Å². The van der Waals surface area contributed by atoms with Crippen LogP contribution in [-0.4, -0.2) is 33.8 Å². The van der Waals surface area contributed by atoms with Crippen LogP contribution in [0.2, 0.25) is 0 Å². The number of anilines is 1. The number of hydrogen-bond donors (Lipinski definition) is 1. The van der Waals surface area contributed by atoms with Crippen LogP contribution >= 0.6 is 0 Å². The maximum Gasteiger partial charge on any atom is 0.142 e. The van der Waals surface area contributed by atoms with E-state index in [0.29, 0.717) is 5.92 Å². The number of rotatable bonds is 1. The standard InChI is InChI=1S/C14H20N2O/c1-16-9-10-6-7-15-8-12(10)11-4-3-5-13(17-2)14(11)16/h3-5,10,12,15H,6-9H2,1-2H3. The maximum atomic E-state index is 5.50. The number of fused-ring (bicyclic) bond motifs is 3. The van der Waals surface area contributed by atoms with Crippen LogP contribution in [-0.2, 0) is 0 Å². The Balaban J connectivity index is 2.07. The topological polar surface area (TPSA) is 24.5 Å².